The Kier molecular flexibility index (Phi) is 5.39. The van der Waals surface area contributed by atoms with Crippen molar-refractivity contribution in [3.8, 4) is 0 Å². The highest BCUT2D eigenvalue weighted by atomic mass is 16.6. The summed E-state index contributed by atoms with van der Waals surface area (Å²) < 4.78 is 16.4. The van der Waals surface area contributed by atoms with Crippen LogP contribution in [0.25, 0.3) is 0 Å². The summed E-state index contributed by atoms with van der Waals surface area (Å²) in [6.45, 7) is 6.44. The molecule has 0 aromatic carbocycles. The predicted molar refractivity (Wildman–Crippen MR) is 108 cm³/mol. The number of amides is 2. The second-order valence-electron chi connectivity index (χ2n) is 10.7. The van der Waals surface area contributed by atoms with Crippen LogP contribution >= 0.6 is 0 Å². The minimum Gasteiger partial charge on any atom is -0.469 e. The van der Waals surface area contributed by atoms with Gasteiger partial charge in [0.1, 0.15) is 11.7 Å². The number of carbonyl (C=O) groups excluding carboxylic acids is 3. The second-order valence-corrected chi connectivity index (χ2v) is 10.7. The summed E-state index contributed by atoms with van der Waals surface area (Å²) in [6, 6.07) is -0.131. The number of ether oxygens (including phenoxy) is 3. The Hall–Kier alpha value is -1.99. The second kappa shape index (κ2) is 7.61. The largest absolute Gasteiger partial charge is 0.469 e. The van der Waals surface area contributed by atoms with Gasteiger partial charge in [0.05, 0.1) is 18.6 Å². The molecule has 0 aromatic rings. The summed E-state index contributed by atoms with van der Waals surface area (Å²) in [5, 5.41) is 2.84. The van der Waals surface area contributed by atoms with E-state index in [0.717, 1.165) is 32.1 Å². The van der Waals surface area contributed by atoms with E-state index in [1.54, 1.807) is 4.90 Å². The van der Waals surface area contributed by atoms with Crippen LogP contribution in [-0.4, -0.2) is 61.0 Å². The van der Waals surface area contributed by atoms with Gasteiger partial charge in [-0.3, -0.25) is 4.79 Å². The van der Waals surface area contributed by atoms with E-state index >= 15 is 0 Å². The molecule has 5 unspecified atom stereocenters. The van der Waals surface area contributed by atoms with Gasteiger partial charge in [-0.1, -0.05) is 0 Å². The first-order chi connectivity index (χ1) is 14.1. The lowest BCUT2D eigenvalue weighted by molar-refractivity contribution is -0.182. The molecule has 0 spiro atoms. The Morgan fingerprint density at radius 1 is 1.07 bits per heavy atom. The fourth-order valence-electron chi connectivity index (χ4n) is 6.35. The summed E-state index contributed by atoms with van der Waals surface area (Å²) >= 11 is 0. The van der Waals surface area contributed by atoms with E-state index in [1.807, 2.05) is 20.8 Å². The lowest BCUT2D eigenvalue weighted by Gasteiger charge is -2.57. The minimum absolute atomic E-state index is 0.0951. The number of esters is 1. The minimum atomic E-state index is -0.553. The van der Waals surface area contributed by atoms with Gasteiger partial charge in [0, 0.05) is 13.1 Å². The maximum absolute atomic E-state index is 12.8. The number of hydrogen-bond donors (Lipinski definition) is 1. The SMILES string of the molecule is COC(=O)C12CC3CC(C1)C(OC(=O)N1CCC(NC(=O)OC(C)(C)C)C1)[C@H](C3)C2. The number of nitrogens with zero attached hydrogens (tertiary/aromatic N) is 1. The molecule has 1 aliphatic heterocycles. The molecule has 5 fully saturated rings. The van der Waals surface area contributed by atoms with E-state index in [4.69, 9.17) is 14.2 Å². The zero-order valence-corrected chi connectivity index (χ0v) is 18.4. The molecule has 6 atom stereocenters. The molecule has 4 saturated carbocycles. The Balaban J connectivity index is 1.31. The molecule has 8 nitrogen and oxygen atoms in total. The third kappa shape index (κ3) is 4.10. The van der Waals surface area contributed by atoms with Crippen LogP contribution in [0.3, 0.4) is 0 Å². The highest BCUT2D eigenvalue weighted by Gasteiger charge is 2.60. The van der Waals surface area contributed by atoms with Gasteiger partial charge in [0.25, 0.3) is 0 Å². The van der Waals surface area contributed by atoms with Crippen LogP contribution in [0.15, 0.2) is 0 Å². The highest BCUT2D eigenvalue weighted by molar-refractivity contribution is 5.77. The van der Waals surface area contributed by atoms with Crippen molar-refractivity contribution in [1.29, 1.82) is 0 Å². The third-order valence-electron chi connectivity index (χ3n) is 7.21. The topological polar surface area (TPSA) is 94.2 Å². The molecular formula is C22H34N2O6. The Labute approximate surface area is 178 Å². The van der Waals surface area contributed by atoms with Crippen LogP contribution in [0, 0.1) is 23.2 Å². The smallest absolute Gasteiger partial charge is 0.410 e. The molecule has 1 heterocycles. The standard InChI is InChI=1S/C22H34N2O6/c1-21(2,3)30-19(26)23-16-5-6-24(12-16)20(27)29-17-14-7-13-8-15(17)11-22(9-13,10-14)18(25)28-4/h13-17H,5-12H2,1-4H3,(H,23,26)/t13?,14-,15?,16?,17?,22?/m1/s1. The van der Waals surface area contributed by atoms with E-state index in [-0.39, 0.29) is 41.5 Å². The monoisotopic (exact) mass is 422 g/mol. The van der Waals surface area contributed by atoms with E-state index in [1.165, 1.54) is 7.11 Å². The van der Waals surface area contributed by atoms with Crippen molar-refractivity contribution in [3.63, 3.8) is 0 Å². The number of alkyl carbamates (subject to hydrolysis) is 1. The maximum Gasteiger partial charge on any atom is 0.410 e. The first-order valence-corrected chi connectivity index (χ1v) is 11.1. The lowest BCUT2D eigenvalue weighted by atomic mass is 9.48. The Morgan fingerprint density at radius 3 is 2.33 bits per heavy atom. The van der Waals surface area contributed by atoms with Gasteiger partial charge in [-0.25, -0.2) is 9.59 Å². The van der Waals surface area contributed by atoms with Crippen molar-refractivity contribution in [3.05, 3.63) is 0 Å². The molecule has 4 aliphatic carbocycles. The summed E-state index contributed by atoms with van der Waals surface area (Å²) in [7, 11) is 1.47. The number of likely N-dealkylation sites (tertiary alicyclic amines) is 1. The number of nitrogens with one attached hydrogen (secondary N) is 1. The number of hydrogen-bond acceptors (Lipinski definition) is 6. The zero-order chi connectivity index (χ0) is 21.7. The van der Waals surface area contributed by atoms with E-state index in [9.17, 15) is 14.4 Å². The van der Waals surface area contributed by atoms with Crippen LogP contribution in [0.4, 0.5) is 9.59 Å². The van der Waals surface area contributed by atoms with E-state index in [0.29, 0.717) is 25.4 Å². The van der Waals surface area contributed by atoms with Crippen molar-refractivity contribution >= 4 is 18.2 Å². The normalized spacial score (nSPS) is 37.1. The van der Waals surface area contributed by atoms with Crippen molar-refractivity contribution in [2.75, 3.05) is 20.2 Å². The molecule has 30 heavy (non-hydrogen) atoms. The molecule has 2 amide bonds. The fraction of sp³-hybridized carbons (Fsp3) is 0.864. The summed E-state index contributed by atoms with van der Waals surface area (Å²) in [4.78, 5) is 38.9. The Morgan fingerprint density at radius 2 is 1.73 bits per heavy atom. The van der Waals surface area contributed by atoms with E-state index < -0.39 is 11.7 Å². The van der Waals surface area contributed by atoms with Gasteiger partial charge in [0.15, 0.2) is 0 Å². The highest BCUT2D eigenvalue weighted by Crippen LogP contribution is 2.61. The number of methoxy groups -OCH3 is 1. The van der Waals surface area contributed by atoms with Crippen molar-refractivity contribution < 1.29 is 28.6 Å². The molecule has 5 rings (SSSR count). The summed E-state index contributed by atoms with van der Waals surface area (Å²) in [6.07, 6.45) is 4.26. The van der Waals surface area contributed by atoms with Gasteiger partial charge in [-0.15, -0.1) is 0 Å². The van der Waals surface area contributed by atoms with Crippen LogP contribution in [0.1, 0.15) is 59.3 Å². The quantitative estimate of drug-likeness (QED) is 0.555. The van der Waals surface area contributed by atoms with Gasteiger partial charge in [-0.2, -0.15) is 0 Å². The summed E-state index contributed by atoms with van der Waals surface area (Å²) in [5.41, 5.74) is -0.924. The zero-order valence-electron chi connectivity index (χ0n) is 18.4. The molecule has 1 N–H and O–H groups in total. The molecule has 0 aromatic heterocycles. The predicted octanol–water partition coefficient (Wildman–Crippen LogP) is 3.09. The van der Waals surface area contributed by atoms with Crippen LogP contribution in [0.5, 0.6) is 0 Å². The third-order valence-corrected chi connectivity index (χ3v) is 7.21. The number of rotatable bonds is 3. The maximum atomic E-state index is 12.8. The fourth-order valence-corrected chi connectivity index (χ4v) is 6.35. The van der Waals surface area contributed by atoms with Crippen LogP contribution in [-0.2, 0) is 19.0 Å². The van der Waals surface area contributed by atoms with Crippen molar-refractivity contribution in [1.82, 2.24) is 10.2 Å². The number of carbonyl (C=O) groups is 3. The van der Waals surface area contributed by atoms with Gasteiger partial charge >= 0.3 is 18.2 Å². The average Bonchev–Trinajstić information content (AvgIpc) is 3.10. The van der Waals surface area contributed by atoms with Gasteiger partial charge < -0.3 is 24.4 Å². The molecule has 0 radical (unpaired) electrons. The van der Waals surface area contributed by atoms with Crippen LogP contribution < -0.4 is 5.32 Å². The average molecular weight is 423 g/mol. The first kappa shape index (κ1) is 21.2. The molecule has 5 aliphatic rings. The molecule has 4 bridgehead atoms. The van der Waals surface area contributed by atoms with Crippen LogP contribution in [0.2, 0.25) is 0 Å². The van der Waals surface area contributed by atoms with Crippen molar-refractivity contribution in [2.45, 2.75) is 77.0 Å². The molecule has 1 saturated heterocycles. The molecular weight excluding hydrogens is 388 g/mol. The van der Waals surface area contributed by atoms with Crippen molar-refractivity contribution in [2.24, 2.45) is 23.2 Å². The Bertz CT molecular complexity index is 701. The van der Waals surface area contributed by atoms with Gasteiger partial charge in [0.2, 0.25) is 0 Å². The lowest BCUT2D eigenvalue weighted by Crippen LogP contribution is -2.58. The molecule has 8 heteroatoms. The van der Waals surface area contributed by atoms with Gasteiger partial charge in [-0.05, 0) is 77.0 Å². The molecule has 168 valence electrons. The summed E-state index contributed by atoms with van der Waals surface area (Å²) in [5.74, 6) is 0.906. The van der Waals surface area contributed by atoms with E-state index in [2.05, 4.69) is 5.32 Å². The first-order valence-electron chi connectivity index (χ1n) is 11.1.